The van der Waals surface area contributed by atoms with Crippen molar-refractivity contribution in [3.8, 4) is 5.75 Å². The zero-order valence-corrected chi connectivity index (χ0v) is 17.3. The van der Waals surface area contributed by atoms with Crippen LogP contribution in [0.4, 0.5) is 13.2 Å². The first kappa shape index (κ1) is 22.4. The highest BCUT2D eigenvalue weighted by Crippen LogP contribution is 2.43. The molecule has 3 rings (SSSR count). The summed E-state index contributed by atoms with van der Waals surface area (Å²) in [7, 11) is 0. The van der Waals surface area contributed by atoms with Gasteiger partial charge in [0.05, 0.1) is 6.61 Å². The molecule has 0 aromatic heterocycles. The Labute approximate surface area is 175 Å². The molecule has 1 heterocycles. The number of hydrazine groups is 1. The van der Waals surface area contributed by atoms with E-state index >= 15 is 0 Å². The standard InChI is InChI=1S/C23H29F3N2O2/c1-2-3-4-5-6-7-16-30-19-13-9-11-17-10-8-12-18(21(17)19)22(23(24,25)26)28-15-14-20(29)27-28/h8-13,22H,2-7,14-16H2,1H3,(H,27,29)/t22-/m0/s1. The summed E-state index contributed by atoms with van der Waals surface area (Å²) in [6.45, 7) is 2.65. The van der Waals surface area contributed by atoms with Crippen LogP contribution in [-0.2, 0) is 4.79 Å². The van der Waals surface area contributed by atoms with Crippen molar-refractivity contribution in [1.82, 2.24) is 10.4 Å². The number of ether oxygens (including phenoxy) is 1. The maximum Gasteiger partial charge on any atom is 0.409 e. The zero-order chi connectivity index (χ0) is 21.6. The number of hydrogen-bond donors (Lipinski definition) is 1. The molecule has 1 fully saturated rings. The van der Waals surface area contributed by atoms with E-state index < -0.39 is 18.1 Å². The number of alkyl halides is 3. The van der Waals surface area contributed by atoms with Crippen LogP contribution in [0.1, 0.15) is 63.5 Å². The summed E-state index contributed by atoms with van der Waals surface area (Å²) >= 11 is 0. The summed E-state index contributed by atoms with van der Waals surface area (Å²) in [5.41, 5.74) is 2.45. The second kappa shape index (κ2) is 10.2. The minimum absolute atomic E-state index is 0.0141. The number of hydrogen-bond acceptors (Lipinski definition) is 3. The van der Waals surface area contributed by atoms with Gasteiger partial charge in [-0.1, -0.05) is 69.4 Å². The molecule has 0 bridgehead atoms. The van der Waals surface area contributed by atoms with Crippen LogP contribution in [0, 0.1) is 0 Å². The summed E-state index contributed by atoms with van der Waals surface area (Å²) < 4.78 is 48.1. The van der Waals surface area contributed by atoms with Crippen molar-refractivity contribution in [2.24, 2.45) is 0 Å². The second-order valence-electron chi connectivity index (χ2n) is 7.74. The van der Waals surface area contributed by atoms with Gasteiger partial charge in [0.2, 0.25) is 5.91 Å². The van der Waals surface area contributed by atoms with Crippen LogP contribution >= 0.6 is 0 Å². The van der Waals surface area contributed by atoms with Gasteiger partial charge in [0.15, 0.2) is 6.04 Å². The second-order valence-corrected chi connectivity index (χ2v) is 7.74. The van der Waals surface area contributed by atoms with Gasteiger partial charge in [0.25, 0.3) is 0 Å². The lowest BCUT2D eigenvalue weighted by atomic mass is 9.97. The van der Waals surface area contributed by atoms with E-state index in [1.807, 2.05) is 0 Å². The van der Waals surface area contributed by atoms with E-state index in [9.17, 15) is 18.0 Å². The fourth-order valence-electron chi connectivity index (χ4n) is 3.96. The van der Waals surface area contributed by atoms with Crippen LogP contribution in [0.2, 0.25) is 0 Å². The summed E-state index contributed by atoms with van der Waals surface area (Å²) in [6, 6.07) is 8.25. The number of unbranched alkanes of at least 4 members (excludes halogenated alkanes) is 5. The number of amides is 1. The molecule has 0 spiro atoms. The number of carbonyl (C=O) groups is 1. The van der Waals surface area contributed by atoms with Crippen LogP contribution in [0.5, 0.6) is 5.75 Å². The van der Waals surface area contributed by atoms with E-state index in [0.717, 1.165) is 24.3 Å². The minimum atomic E-state index is -4.54. The third kappa shape index (κ3) is 5.45. The maximum absolute atomic E-state index is 14.1. The Morgan fingerprint density at radius 2 is 1.77 bits per heavy atom. The first-order chi connectivity index (χ1) is 14.4. The van der Waals surface area contributed by atoms with Gasteiger partial charge in [-0.3, -0.25) is 10.2 Å². The average Bonchev–Trinajstić information content (AvgIpc) is 3.12. The Kier molecular flexibility index (Phi) is 7.58. The largest absolute Gasteiger partial charge is 0.493 e. The van der Waals surface area contributed by atoms with Crippen LogP contribution in [0.3, 0.4) is 0 Å². The summed E-state index contributed by atoms with van der Waals surface area (Å²) in [4.78, 5) is 11.6. The van der Waals surface area contributed by atoms with Crippen molar-refractivity contribution in [2.45, 2.75) is 64.1 Å². The highest BCUT2D eigenvalue weighted by Gasteiger charge is 2.47. The van der Waals surface area contributed by atoms with Crippen molar-refractivity contribution in [2.75, 3.05) is 13.2 Å². The average molecular weight is 422 g/mol. The number of halogens is 3. The molecule has 2 aromatic carbocycles. The first-order valence-corrected chi connectivity index (χ1v) is 10.7. The molecule has 1 saturated heterocycles. The minimum Gasteiger partial charge on any atom is -0.493 e. The van der Waals surface area contributed by atoms with Gasteiger partial charge in [-0.15, -0.1) is 0 Å². The van der Waals surface area contributed by atoms with Crippen molar-refractivity contribution < 1.29 is 22.7 Å². The van der Waals surface area contributed by atoms with E-state index in [4.69, 9.17) is 4.74 Å². The lowest BCUT2D eigenvalue weighted by Gasteiger charge is -2.30. The third-order valence-corrected chi connectivity index (χ3v) is 5.42. The zero-order valence-electron chi connectivity index (χ0n) is 17.3. The molecular formula is C23H29F3N2O2. The van der Waals surface area contributed by atoms with Gasteiger partial charge in [0.1, 0.15) is 5.75 Å². The Morgan fingerprint density at radius 3 is 2.43 bits per heavy atom. The van der Waals surface area contributed by atoms with Gasteiger partial charge in [-0.2, -0.15) is 13.2 Å². The predicted molar refractivity (Wildman–Crippen MR) is 111 cm³/mol. The molecule has 2 aromatic rings. The van der Waals surface area contributed by atoms with E-state index in [-0.39, 0.29) is 18.5 Å². The fraction of sp³-hybridized carbons (Fsp3) is 0.522. The molecule has 7 heteroatoms. The van der Waals surface area contributed by atoms with Crippen molar-refractivity contribution in [3.63, 3.8) is 0 Å². The highest BCUT2D eigenvalue weighted by molar-refractivity contribution is 5.92. The Morgan fingerprint density at radius 1 is 1.07 bits per heavy atom. The van der Waals surface area contributed by atoms with Gasteiger partial charge >= 0.3 is 6.18 Å². The van der Waals surface area contributed by atoms with Crippen molar-refractivity contribution in [1.29, 1.82) is 0 Å². The Bertz CT molecular complexity index is 849. The molecule has 1 amide bonds. The highest BCUT2D eigenvalue weighted by atomic mass is 19.4. The molecule has 0 aliphatic carbocycles. The first-order valence-electron chi connectivity index (χ1n) is 10.7. The molecule has 30 heavy (non-hydrogen) atoms. The maximum atomic E-state index is 14.1. The van der Waals surface area contributed by atoms with Crippen molar-refractivity contribution in [3.05, 3.63) is 42.0 Å². The van der Waals surface area contributed by atoms with E-state index in [1.165, 1.54) is 25.3 Å². The van der Waals surface area contributed by atoms with Gasteiger partial charge in [-0.25, -0.2) is 5.01 Å². The van der Waals surface area contributed by atoms with E-state index in [0.29, 0.717) is 23.1 Å². The quantitative estimate of drug-likeness (QED) is 0.483. The molecule has 1 N–H and O–H groups in total. The number of benzene rings is 2. The number of nitrogens with one attached hydrogen (secondary N) is 1. The van der Waals surface area contributed by atoms with E-state index in [2.05, 4.69) is 12.3 Å². The topological polar surface area (TPSA) is 41.6 Å². The molecule has 0 unspecified atom stereocenters. The number of nitrogens with zero attached hydrogens (tertiary/aromatic N) is 1. The normalized spacial score (nSPS) is 16.1. The monoisotopic (exact) mass is 422 g/mol. The van der Waals surface area contributed by atoms with Crippen LogP contribution in [-0.4, -0.2) is 30.2 Å². The molecular weight excluding hydrogens is 393 g/mol. The Hall–Kier alpha value is -2.28. The van der Waals surface area contributed by atoms with Crippen LogP contribution in [0.25, 0.3) is 10.8 Å². The van der Waals surface area contributed by atoms with Gasteiger partial charge in [0, 0.05) is 18.4 Å². The summed E-state index contributed by atoms with van der Waals surface area (Å²) in [6.07, 6.45) is 2.17. The summed E-state index contributed by atoms with van der Waals surface area (Å²) in [5.74, 6) is 0.0560. The third-order valence-electron chi connectivity index (χ3n) is 5.42. The molecule has 1 aliphatic heterocycles. The van der Waals surface area contributed by atoms with Crippen LogP contribution < -0.4 is 10.2 Å². The Balaban J connectivity index is 1.85. The number of rotatable bonds is 10. The van der Waals surface area contributed by atoms with E-state index in [1.54, 1.807) is 30.3 Å². The lowest BCUT2D eigenvalue weighted by Crippen LogP contribution is -2.43. The van der Waals surface area contributed by atoms with Gasteiger partial charge < -0.3 is 4.74 Å². The molecule has 164 valence electrons. The fourth-order valence-corrected chi connectivity index (χ4v) is 3.96. The molecule has 1 aliphatic rings. The number of carbonyl (C=O) groups excluding carboxylic acids is 1. The molecule has 1 atom stereocenters. The van der Waals surface area contributed by atoms with Crippen LogP contribution in [0.15, 0.2) is 36.4 Å². The van der Waals surface area contributed by atoms with Crippen molar-refractivity contribution >= 4 is 16.7 Å². The molecule has 4 nitrogen and oxygen atoms in total. The SMILES string of the molecule is CCCCCCCCOc1cccc2cccc([C@H](N3CCC(=O)N3)C(F)(F)F)c12. The lowest BCUT2D eigenvalue weighted by molar-refractivity contribution is -0.190. The van der Waals surface area contributed by atoms with Gasteiger partial charge in [-0.05, 0) is 23.4 Å². The smallest absolute Gasteiger partial charge is 0.409 e. The summed E-state index contributed by atoms with van der Waals surface area (Å²) in [5, 5.41) is 2.13. The molecule has 0 radical (unpaired) electrons. The predicted octanol–water partition coefficient (Wildman–Crippen LogP) is 5.92. The molecule has 0 saturated carbocycles. The number of fused-ring (bicyclic) bond motifs is 1.